The number of aliphatic hydroxyl groups excluding tert-OH is 1. The minimum Gasteiger partial charge on any atom is -0.393 e. The molecule has 0 saturated carbocycles. The van der Waals surface area contributed by atoms with Gasteiger partial charge in [-0.2, -0.15) is 0 Å². The number of aliphatic hydroxyl groups is 1. The average molecular weight is 130 g/mol. The van der Waals surface area contributed by atoms with Crippen molar-refractivity contribution < 1.29 is 14.6 Å². The summed E-state index contributed by atoms with van der Waals surface area (Å²) in [6.45, 7) is 4.00. The van der Waals surface area contributed by atoms with Crippen molar-refractivity contribution >= 4 is 0 Å². The number of hydrogen-bond acceptors (Lipinski definition) is 3. The van der Waals surface area contributed by atoms with Crippen LogP contribution in [0.3, 0.4) is 0 Å². The summed E-state index contributed by atoms with van der Waals surface area (Å²) < 4.78 is 9.85. The van der Waals surface area contributed by atoms with Crippen LogP contribution in [0.15, 0.2) is 12.7 Å². The summed E-state index contributed by atoms with van der Waals surface area (Å²) in [6, 6.07) is 0. The van der Waals surface area contributed by atoms with Crippen LogP contribution in [0, 0.1) is 0 Å². The van der Waals surface area contributed by atoms with Crippen LogP contribution in [0.25, 0.3) is 0 Å². The van der Waals surface area contributed by atoms with E-state index in [1.165, 1.54) is 0 Å². The Morgan fingerprint density at radius 2 is 2.56 bits per heavy atom. The number of hydrogen-bond donors (Lipinski definition) is 1. The van der Waals surface area contributed by atoms with Crippen LogP contribution in [0.5, 0.6) is 0 Å². The largest absolute Gasteiger partial charge is 0.393 e. The first kappa shape index (κ1) is 6.74. The lowest BCUT2D eigenvalue weighted by Crippen LogP contribution is -2.02. The third-order valence-electron chi connectivity index (χ3n) is 1.09. The minimum atomic E-state index is -0.187. The Morgan fingerprint density at radius 3 is 3.00 bits per heavy atom. The first-order valence-electron chi connectivity index (χ1n) is 2.87. The fourth-order valence-electron chi connectivity index (χ4n) is 0.566. The summed E-state index contributed by atoms with van der Waals surface area (Å²) in [5.41, 5.74) is 0. The smallest absolute Gasteiger partial charge is 0.187 e. The molecule has 1 rings (SSSR count). The fraction of sp³-hybridized carbons (Fsp3) is 0.667. The van der Waals surface area contributed by atoms with E-state index < -0.39 is 0 Å². The summed E-state index contributed by atoms with van der Waals surface area (Å²) in [7, 11) is 0. The fourth-order valence-corrected chi connectivity index (χ4v) is 0.566. The highest BCUT2D eigenvalue weighted by Gasteiger charge is 2.38. The molecule has 9 heavy (non-hydrogen) atoms. The maximum Gasteiger partial charge on any atom is 0.187 e. The van der Waals surface area contributed by atoms with Gasteiger partial charge in [0.05, 0.1) is 13.2 Å². The van der Waals surface area contributed by atoms with Crippen molar-refractivity contribution in [3.63, 3.8) is 0 Å². The van der Waals surface area contributed by atoms with E-state index in [0.29, 0.717) is 6.61 Å². The van der Waals surface area contributed by atoms with E-state index in [4.69, 9.17) is 14.6 Å². The van der Waals surface area contributed by atoms with Crippen molar-refractivity contribution in [1.82, 2.24) is 0 Å². The second kappa shape index (κ2) is 2.96. The molecule has 0 amide bonds. The van der Waals surface area contributed by atoms with Gasteiger partial charge in [-0.05, 0) is 0 Å². The van der Waals surface area contributed by atoms with E-state index in [0.717, 1.165) is 0 Å². The lowest BCUT2D eigenvalue weighted by molar-refractivity contribution is 0.0697. The molecule has 2 atom stereocenters. The highest BCUT2D eigenvalue weighted by atomic mass is 16.8. The molecule has 3 nitrogen and oxygen atoms in total. The monoisotopic (exact) mass is 130 g/mol. The SMILES string of the molecule is C=CCOC1OC1CO. The van der Waals surface area contributed by atoms with E-state index >= 15 is 0 Å². The number of rotatable bonds is 4. The quantitative estimate of drug-likeness (QED) is 0.427. The van der Waals surface area contributed by atoms with Crippen LogP contribution in [0.1, 0.15) is 0 Å². The molecule has 1 N–H and O–H groups in total. The maximum absolute atomic E-state index is 8.44. The number of epoxide rings is 1. The molecule has 0 radical (unpaired) electrons. The molecular weight excluding hydrogens is 120 g/mol. The van der Waals surface area contributed by atoms with E-state index in [1.807, 2.05) is 0 Å². The van der Waals surface area contributed by atoms with E-state index in [-0.39, 0.29) is 19.0 Å². The normalized spacial score (nSPS) is 32.1. The Bertz CT molecular complexity index is 102. The van der Waals surface area contributed by atoms with E-state index in [2.05, 4.69) is 6.58 Å². The molecule has 1 saturated heterocycles. The van der Waals surface area contributed by atoms with Crippen molar-refractivity contribution in [2.45, 2.75) is 12.4 Å². The van der Waals surface area contributed by atoms with Gasteiger partial charge in [0.25, 0.3) is 0 Å². The van der Waals surface area contributed by atoms with Crippen LogP contribution < -0.4 is 0 Å². The Balaban J connectivity index is 1.98. The van der Waals surface area contributed by atoms with Gasteiger partial charge in [0.15, 0.2) is 6.29 Å². The highest BCUT2D eigenvalue weighted by Crippen LogP contribution is 2.21. The first-order chi connectivity index (χ1) is 4.38. The molecule has 0 aromatic carbocycles. The summed E-state index contributed by atoms with van der Waals surface area (Å²) in [4.78, 5) is 0. The summed E-state index contributed by atoms with van der Waals surface area (Å²) in [5, 5.41) is 8.44. The Morgan fingerprint density at radius 1 is 1.78 bits per heavy atom. The van der Waals surface area contributed by atoms with Gasteiger partial charge in [-0.3, -0.25) is 0 Å². The third kappa shape index (κ3) is 1.78. The number of ether oxygens (including phenoxy) is 2. The van der Waals surface area contributed by atoms with Gasteiger partial charge in [0, 0.05) is 0 Å². The predicted octanol–water partition coefficient (Wildman–Crippen LogP) is -0.0938. The Hall–Kier alpha value is -0.380. The van der Waals surface area contributed by atoms with Gasteiger partial charge in [-0.15, -0.1) is 6.58 Å². The Kier molecular flexibility index (Phi) is 2.22. The van der Waals surface area contributed by atoms with E-state index in [9.17, 15) is 0 Å². The molecule has 52 valence electrons. The molecule has 0 bridgehead atoms. The van der Waals surface area contributed by atoms with Crippen molar-refractivity contribution in [2.75, 3.05) is 13.2 Å². The van der Waals surface area contributed by atoms with Crippen molar-refractivity contribution in [2.24, 2.45) is 0 Å². The zero-order chi connectivity index (χ0) is 6.69. The lowest BCUT2D eigenvalue weighted by atomic mass is 10.5. The van der Waals surface area contributed by atoms with Gasteiger partial charge in [0.2, 0.25) is 0 Å². The van der Waals surface area contributed by atoms with Gasteiger partial charge in [-0.25, -0.2) is 0 Å². The van der Waals surface area contributed by atoms with Gasteiger partial charge in [0.1, 0.15) is 6.10 Å². The first-order valence-corrected chi connectivity index (χ1v) is 2.87. The molecule has 3 heteroatoms. The zero-order valence-electron chi connectivity index (χ0n) is 5.12. The molecule has 1 aliphatic heterocycles. The summed E-state index contributed by atoms with van der Waals surface area (Å²) >= 11 is 0. The average Bonchev–Trinajstić information content (AvgIpc) is 2.62. The van der Waals surface area contributed by atoms with Crippen LogP contribution in [0.2, 0.25) is 0 Å². The van der Waals surface area contributed by atoms with E-state index in [1.54, 1.807) is 6.08 Å². The van der Waals surface area contributed by atoms with Crippen LogP contribution in [0.4, 0.5) is 0 Å². The molecule has 1 aliphatic rings. The van der Waals surface area contributed by atoms with Crippen LogP contribution in [-0.2, 0) is 9.47 Å². The van der Waals surface area contributed by atoms with Gasteiger partial charge in [-0.1, -0.05) is 6.08 Å². The summed E-state index contributed by atoms with van der Waals surface area (Å²) in [6.07, 6.45) is 1.37. The van der Waals surface area contributed by atoms with Crippen LogP contribution in [-0.4, -0.2) is 30.7 Å². The molecule has 1 fully saturated rings. The molecule has 0 aromatic heterocycles. The third-order valence-corrected chi connectivity index (χ3v) is 1.09. The highest BCUT2D eigenvalue weighted by molar-refractivity contribution is 4.77. The minimum absolute atomic E-state index is 0.0435. The lowest BCUT2D eigenvalue weighted by Gasteiger charge is -1.90. The van der Waals surface area contributed by atoms with Gasteiger partial charge >= 0.3 is 0 Å². The van der Waals surface area contributed by atoms with Crippen LogP contribution >= 0.6 is 0 Å². The van der Waals surface area contributed by atoms with Crippen molar-refractivity contribution in [3.05, 3.63) is 12.7 Å². The van der Waals surface area contributed by atoms with Crippen molar-refractivity contribution in [1.29, 1.82) is 0 Å². The molecule has 0 aliphatic carbocycles. The molecule has 2 unspecified atom stereocenters. The zero-order valence-corrected chi connectivity index (χ0v) is 5.12. The maximum atomic E-state index is 8.44. The second-order valence-corrected chi connectivity index (χ2v) is 1.85. The molecule has 0 aromatic rings. The van der Waals surface area contributed by atoms with Crippen molar-refractivity contribution in [3.8, 4) is 0 Å². The molecule has 1 heterocycles. The second-order valence-electron chi connectivity index (χ2n) is 1.85. The standard InChI is InChI=1S/C6H10O3/c1-2-3-8-6-5(4-7)9-6/h2,5-7H,1,3-4H2. The predicted molar refractivity (Wildman–Crippen MR) is 31.9 cm³/mol. The summed E-state index contributed by atoms with van der Waals surface area (Å²) in [5.74, 6) is 0. The van der Waals surface area contributed by atoms with Gasteiger partial charge < -0.3 is 14.6 Å². The Labute approximate surface area is 53.9 Å². The molecule has 0 spiro atoms. The molecular formula is C6H10O3. The topological polar surface area (TPSA) is 42.0 Å².